The number of aryl methyl sites for hydroxylation is 1. The Balaban J connectivity index is 1.89. The van der Waals surface area contributed by atoms with Gasteiger partial charge in [-0.3, -0.25) is 4.79 Å². The zero-order valence-corrected chi connectivity index (χ0v) is 15.2. The monoisotopic (exact) mass is 377 g/mol. The van der Waals surface area contributed by atoms with E-state index >= 15 is 0 Å². The molecule has 134 valence electrons. The summed E-state index contributed by atoms with van der Waals surface area (Å²) in [6.45, 7) is 1.92. The number of hydrogen-bond donors (Lipinski definition) is 2. The largest absolute Gasteiger partial charge is 0.508 e. The van der Waals surface area contributed by atoms with Crippen molar-refractivity contribution < 1.29 is 9.90 Å². The number of halogens is 1. The SMILES string of the molecule is Cc1ccc(-n2cccc2/C=C(/C#N)C(=O)Nc2ccc(O)cc2)cc1Cl. The first-order valence-electron chi connectivity index (χ1n) is 8.14. The van der Waals surface area contributed by atoms with Crippen molar-refractivity contribution in [3.8, 4) is 17.5 Å². The summed E-state index contributed by atoms with van der Waals surface area (Å²) < 4.78 is 1.84. The smallest absolute Gasteiger partial charge is 0.266 e. The summed E-state index contributed by atoms with van der Waals surface area (Å²) in [5.74, 6) is -0.434. The Bertz CT molecular complexity index is 1060. The molecule has 5 nitrogen and oxygen atoms in total. The van der Waals surface area contributed by atoms with E-state index in [0.717, 1.165) is 11.3 Å². The van der Waals surface area contributed by atoms with Crippen LogP contribution in [0.1, 0.15) is 11.3 Å². The summed E-state index contributed by atoms with van der Waals surface area (Å²) in [6.07, 6.45) is 3.35. The minimum absolute atomic E-state index is 0.0405. The van der Waals surface area contributed by atoms with Crippen LogP contribution < -0.4 is 5.32 Å². The molecule has 0 atom stereocenters. The maximum Gasteiger partial charge on any atom is 0.266 e. The van der Waals surface area contributed by atoms with Gasteiger partial charge in [0.1, 0.15) is 17.4 Å². The molecule has 3 aromatic rings. The van der Waals surface area contributed by atoms with Crippen molar-refractivity contribution >= 4 is 29.3 Å². The summed E-state index contributed by atoms with van der Waals surface area (Å²) in [5, 5.41) is 22.0. The third kappa shape index (κ3) is 4.20. The molecular formula is C21H16ClN3O2. The standard InChI is InChI=1S/C21H16ClN3O2/c1-14-4-7-18(12-20(14)22)25-10-2-3-17(25)11-15(13-23)21(27)24-16-5-8-19(26)9-6-16/h2-12,26H,1H3,(H,24,27)/b15-11-. The van der Waals surface area contributed by atoms with Crippen LogP contribution in [0.3, 0.4) is 0 Å². The minimum Gasteiger partial charge on any atom is -0.508 e. The van der Waals surface area contributed by atoms with Crippen molar-refractivity contribution in [2.75, 3.05) is 5.32 Å². The Morgan fingerprint density at radius 1 is 1.22 bits per heavy atom. The molecule has 0 spiro atoms. The number of carbonyl (C=O) groups is 1. The average molecular weight is 378 g/mol. The second-order valence-corrected chi connectivity index (χ2v) is 6.31. The van der Waals surface area contributed by atoms with Crippen LogP contribution in [0.25, 0.3) is 11.8 Å². The highest BCUT2D eigenvalue weighted by Gasteiger charge is 2.12. The fourth-order valence-corrected chi connectivity index (χ4v) is 2.69. The van der Waals surface area contributed by atoms with Crippen LogP contribution in [0.15, 0.2) is 66.4 Å². The number of benzene rings is 2. The topological polar surface area (TPSA) is 78.0 Å². The first kappa shape index (κ1) is 18.3. The number of rotatable bonds is 4. The van der Waals surface area contributed by atoms with Crippen LogP contribution >= 0.6 is 11.6 Å². The lowest BCUT2D eigenvalue weighted by Gasteiger charge is -2.09. The zero-order chi connectivity index (χ0) is 19.4. The van der Waals surface area contributed by atoms with Crippen molar-refractivity contribution in [2.24, 2.45) is 0 Å². The molecule has 0 fully saturated rings. The normalized spacial score (nSPS) is 11.1. The molecule has 0 aliphatic rings. The van der Waals surface area contributed by atoms with Gasteiger partial charge in [-0.25, -0.2) is 0 Å². The van der Waals surface area contributed by atoms with Gasteiger partial charge >= 0.3 is 0 Å². The molecule has 6 heteroatoms. The molecule has 0 radical (unpaired) electrons. The van der Waals surface area contributed by atoms with Gasteiger partial charge in [0.15, 0.2) is 0 Å². The number of aromatic hydroxyl groups is 1. The third-order valence-electron chi connectivity index (χ3n) is 4.00. The predicted octanol–water partition coefficient (Wildman–Crippen LogP) is 4.69. The van der Waals surface area contributed by atoms with Crippen LogP contribution in [0.2, 0.25) is 5.02 Å². The van der Waals surface area contributed by atoms with Gasteiger partial charge in [0.05, 0.1) is 0 Å². The van der Waals surface area contributed by atoms with E-state index in [1.807, 2.05) is 48.0 Å². The number of nitrogens with one attached hydrogen (secondary N) is 1. The van der Waals surface area contributed by atoms with E-state index in [9.17, 15) is 15.2 Å². The lowest BCUT2D eigenvalue weighted by molar-refractivity contribution is -0.112. The molecule has 2 N–H and O–H groups in total. The molecule has 0 saturated carbocycles. The van der Waals surface area contributed by atoms with Crippen molar-refractivity contribution in [2.45, 2.75) is 6.92 Å². The first-order chi connectivity index (χ1) is 13.0. The predicted molar refractivity (Wildman–Crippen MR) is 106 cm³/mol. The molecule has 2 aromatic carbocycles. The summed E-state index contributed by atoms with van der Waals surface area (Å²) in [5.41, 5.74) is 2.92. The Hall–Kier alpha value is -3.49. The molecule has 3 rings (SSSR count). The lowest BCUT2D eigenvalue weighted by atomic mass is 10.2. The first-order valence-corrected chi connectivity index (χ1v) is 8.52. The Morgan fingerprint density at radius 2 is 1.96 bits per heavy atom. The van der Waals surface area contributed by atoms with Gasteiger partial charge in [-0.15, -0.1) is 0 Å². The molecule has 1 amide bonds. The highest BCUT2D eigenvalue weighted by atomic mass is 35.5. The quantitative estimate of drug-likeness (QED) is 0.393. The van der Waals surface area contributed by atoms with Gasteiger partial charge < -0.3 is 15.0 Å². The second-order valence-electron chi connectivity index (χ2n) is 5.91. The fourth-order valence-electron chi connectivity index (χ4n) is 2.52. The highest BCUT2D eigenvalue weighted by molar-refractivity contribution is 6.31. The minimum atomic E-state index is -0.530. The maximum atomic E-state index is 12.4. The number of nitrogens with zero attached hydrogens (tertiary/aromatic N) is 2. The highest BCUT2D eigenvalue weighted by Crippen LogP contribution is 2.22. The van der Waals surface area contributed by atoms with Crippen LogP contribution in [-0.4, -0.2) is 15.6 Å². The maximum absolute atomic E-state index is 12.4. The molecule has 0 aliphatic carbocycles. The van der Waals surface area contributed by atoms with Crippen LogP contribution in [0.5, 0.6) is 5.75 Å². The van der Waals surface area contributed by atoms with E-state index in [2.05, 4.69) is 5.32 Å². The summed E-state index contributed by atoms with van der Waals surface area (Å²) in [4.78, 5) is 12.4. The van der Waals surface area contributed by atoms with Crippen molar-refractivity contribution in [3.05, 3.63) is 82.6 Å². The van der Waals surface area contributed by atoms with Crippen LogP contribution in [0, 0.1) is 18.3 Å². The number of phenols is 1. The summed E-state index contributed by atoms with van der Waals surface area (Å²) >= 11 is 6.20. The number of carbonyl (C=O) groups excluding carboxylic acids is 1. The van der Waals surface area contributed by atoms with Crippen LogP contribution in [0.4, 0.5) is 5.69 Å². The van der Waals surface area contributed by atoms with E-state index in [0.29, 0.717) is 16.4 Å². The number of anilines is 1. The number of phenolic OH excluding ortho intramolecular Hbond substituents is 1. The zero-order valence-electron chi connectivity index (χ0n) is 14.5. The number of nitriles is 1. The molecule has 0 bridgehead atoms. The fraction of sp³-hybridized carbons (Fsp3) is 0.0476. The second kappa shape index (κ2) is 7.81. The van der Waals surface area contributed by atoms with Gasteiger partial charge in [-0.05, 0) is 67.1 Å². The average Bonchev–Trinajstić information content (AvgIpc) is 3.12. The van der Waals surface area contributed by atoms with Gasteiger partial charge in [-0.2, -0.15) is 5.26 Å². The molecule has 1 heterocycles. The van der Waals surface area contributed by atoms with Crippen LogP contribution in [-0.2, 0) is 4.79 Å². The lowest BCUT2D eigenvalue weighted by Crippen LogP contribution is -2.13. The summed E-state index contributed by atoms with van der Waals surface area (Å²) in [7, 11) is 0. The van der Waals surface area contributed by atoms with Gasteiger partial charge in [0.25, 0.3) is 5.91 Å². The van der Waals surface area contributed by atoms with E-state index in [1.54, 1.807) is 18.2 Å². The van der Waals surface area contributed by atoms with E-state index in [4.69, 9.17) is 11.6 Å². The number of hydrogen-bond acceptors (Lipinski definition) is 3. The third-order valence-corrected chi connectivity index (χ3v) is 4.40. The Labute approximate surface area is 161 Å². The number of aromatic nitrogens is 1. The van der Waals surface area contributed by atoms with E-state index in [1.165, 1.54) is 18.2 Å². The van der Waals surface area contributed by atoms with Gasteiger partial charge in [0, 0.05) is 28.3 Å². The van der Waals surface area contributed by atoms with Gasteiger partial charge in [0.2, 0.25) is 0 Å². The Morgan fingerprint density at radius 3 is 2.63 bits per heavy atom. The van der Waals surface area contributed by atoms with Crippen molar-refractivity contribution in [3.63, 3.8) is 0 Å². The van der Waals surface area contributed by atoms with Crippen molar-refractivity contribution in [1.82, 2.24) is 4.57 Å². The molecule has 0 saturated heterocycles. The molecule has 0 aliphatic heterocycles. The van der Waals surface area contributed by atoms with Gasteiger partial charge in [-0.1, -0.05) is 17.7 Å². The molecular weight excluding hydrogens is 362 g/mol. The van der Waals surface area contributed by atoms with E-state index < -0.39 is 5.91 Å². The van der Waals surface area contributed by atoms with Crippen molar-refractivity contribution in [1.29, 1.82) is 5.26 Å². The molecule has 27 heavy (non-hydrogen) atoms. The number of amides is 1. The van der Waals surface area contributed by atoms with E-state index in [-0.39, 0.29) is 11.3 Å². The Kier molecular flexibility index (Phi) is 5.30. The molecule has 0 unspecified atom stereocenters. The molecule has 1 aromatic heterocycles. The summed E-state index contributed by atoms with van der Waals surface area (Å²) in [6, 6.07) is 17.2.